The number of benzene rings is 1. The Morgan fingerprint density at radius 3 is 2.96 bits per heavy atom. The Balaban J connectivity index is 1.61. The van der Waals surface area contributed by atoms with Gasteiger partial charge in [0.15, 0.2) is 5.16 Å². The summed E-state index contributed by atoms with van der Waals surface area (Å²) in [5.41, 5.74) is 2.26. The Morgan fingerprint density at radius 2 is 2.17 bits per heavy atom. The van der Waals surface area contributed by atoms with Crippen LogP contribution in [0.15, 0.2) is 40.9 Å². The number of rotatable bonds is 5. The molecular formula is C15H13N3O3S2. The Hall–Kier alpha value is -2.32. The molecule has 0 spiro atoms. The molecule has 1 amide bonds. The minimum Gasteiger partial charge on any atom is -0.465 e. The van der Waals surface area contributed by atoms with Crippen LogP contribution in [0.25, 0.3) is 11.0 Å². The van der Waals surface area contributed by atoms with Gasteiger partial charge in [-0.25, -0.2) is 9.78 Å². The van der Waals surface area contributed by atoms with Crippen molar-refractivity contribution in [3.05, 3.63) is 40.6 Å². The van der Waals surface area contributed by atoms with Crippen LogP contribution in [0.4, 0.5) is 5.69 Å². The molecule has 0 radical (unpaired) electrons. The number of ether oxygens (including phenoxy) is 1. The number of hydrogen-bond acceptors (Lipinski definition) is 6. The van der Waals surface area contributed by atoms with Crippen molar-refractivity contribution >= 4 is 51.7 Å². The highest BCUT2D eigenvalue weighted by Crippen LogP contribution is 2.24. The number of carbonyl (C=O) groups excluding carboxylic acids is 2. The number of aromatic nitrogens is 2. The van der Waals surface area contributed by atoms with E-state index in [0.29, 0.717) is 15.7 Å². The van der Waals surface area contributed by atoms with Gasteiger partial charge < -0.3 is 15.0 Å². The van der Waals surface area contributed by atoms with E-state index in [-0.39, 0.29) is 11.7 Å². The first-order chi connectivity index (χ1) is 11.2. The third-order valence-corrected chi connectivity index (χ3v) is 4.79. The first-order valence-corrected chi connectivity index (χ1v) is 8.57. The zero-order chi connectivity index (χ0) is 16.2. The van der Waals surface area contributed by atoms with Crippen LogP contribution in [0.2, 0.25) is 0 Å². The SMILES string of the molecule is COC(=O)c1sccc1NC(=O)CSc1nc2ccccc2[nH]1. The lowest BCUT2D eigenvalue weighted by Gasteiger charge is -2.04. The Labute approximate surface area is 140 Å². The van der Waals surface area contributed by atoms with Crippen LogP contribution in [0.5, 0.6) is 0 Å². The molecule has 1 aromatic carbocycles. The van der Waals surface area contributed by atoms with E-state index in [4.69, 9.17) is 0 Å². The van der Waals surface area contributed by atoms with E-state index >= 15 is 0 Å². The van der Waals surface area contributed by atoms with E-state index in [1.165, 1.54) is 30.2 Å². The number of H-pyrrole nitrogens is 1. The van der Waals surface area contributed by atoms with Gasteiger partial charge in [-0.3, -0.25) is 4.79 Å². The molecule has 2 aromatic heterocycles. The molecule has 0 saturated carbocycles. The number of esters is 1. The predicted octanol–water partition coefficient (Wildman–Crippen LogP) is 3.14. The summed E-state index contributed by atoms with van der Waals surface area (Å²) in [6, 6.07) is 9.35. The molecule has 0 bridgehead atoms. The number of nitrogens with zero attached hydrogens (tertiary/aromatic N) is 1. The summed E-state index contributed by atoms with van der Waals surface area (Å²) in [6.07, 6.45) is 0. The van der Waals surface area contributed by atoms with E-state index in [9.17, 15) is 9.59 Å². The summed E-state index contributed by atoms with van der Waals surface area (Å²) in [5, 5.41) is 5.13. The normalized spacial score (nSPS) is 10.7. The van der Waals surface area contributed by atoms with Crippen molar-refractivity contribution in [3.8, 4) is 0 Å². The maximum Gasteiger partial charge on any atom is 0.350 e. The summed E-state index contributed by atoms with van der Waals surface area (Å²) < 4.78 is 4.68. The monoisotopic (exact) mass is 347 g/mol. The van der Waals surface area contributed by atoms with E-state index in [1.54, 1.807) is 11.4 Å². The molecule has 3 aromatic rings. The number of amides is 1. The van der Waals surface area contributed by atoms with Gasteiger partial charge in [0.05, 0.1) is 29.6 Å². The Bertz CT molecular complexity index is 823. The van der Waals surface area contributed by atoms with Gasteiger partial charge in [0.25, 0.3) is 0 Å². The second-order valence-corrected chi connectivity index (χ2v) is 6.43. The minimum atomic E-state index is -0.458. The summed E-state index contributed by atoms with van der Waals surface area (Å²) in [4.78, 5) is 31.5. The van der Waals surface area contributed by atoms with Gasteiger partial charge in [0.2, 0.25) is 5.91 Å². The molecule has 0 atom stereocenters. The maximum absolute atomic E-state index is 12.0. The van der Waals surface area contributed by atoms with Crippen molar-refractivity contribution in [3.63, 3.8) is 0 Å². The van der Waals surface area contributed by atoms with Gasteiger partial charge in [0, 0.05) is 0 Å². The molecule has 0 saturated heterocycles. The minimum absolute atomic E-state index is 0.191. The lowest BCUT2D eigenvalue weighted by molar-refractivity contribution is -0.113. The van der Waals surface area contributed by atoms with Gasteiger partial charge in [-0.15, -0.1) is 11.3 Å². The summed E-state index contributed by atoms with van der Waals surface area (Å²) in [5.74, 6) is -0.477. The Kier molecular flexibility index (Phi) is 4.63. The average molecular weight is 347 g/mol. The molecule has 23 heavy (non-hydrogen) atoms. The number of methoxy groups -OCH3 is 1. The Morgan fingerprint density at radius 1 is 1.35 bits per heavy atom. The molecule has 3 rings (SSSR count). The second-order valence-electron chi connectivity index (χ2n) is 4.55. The zero-order valence-electron chi connectivity index (χ0n) is 12.2. The van der Waals surface area contributed by atoms with Crippen LogP contribution in [0.3, 0.4) is 0 Å². The molecule has 0 fully saturated rings. The van der Waals surface area contributed by atoms with E-state index in [2.05, 4.69) is 20.0 Å². The van der Waals surface area contributed by atoms with Crippen molar-refractivity contribution in [2.45, 2.75) is 5.16 Å². The highest BCUT2D eigenvalue weighted by Gasteiger charge is 2.16. The van der Waals surface area contributed by atoms with Crippen molar-refractivity contribution in [1.29, 1.82) is 0 Å². The molecule has 118 valence electrons. The van der Waals surface area contributed by atoms with E-state index in [0.717, 1.165) is 11.0 Å². The molecule has 8 heteroatoms. The standard InChI is InChI=1S/C15H13N3O3S2/c1-21-14(20)13-11(6-7-22-13)16-12(19)8-23-15-17-9-4-2-3-5-10(9)18-15/h2-7H,8H2,1H3,(H,16,19)(H,17,18). The highest BCUT2D eigenvalue weighted by atomic mass is 32.2. The first-order valence-electron chi connectivity index (χ1n) is 6.70. The van der Waals surface area contributed by atoms with Gasteiger partial charge in [-0.2, -0.15) is 0 Å². The number of hydrogen-bond donors (Lipinski definition) is 2. The number of imidazole rings is 1. The smallest absolute Gasteiger partial charge is 0.350 e. The van der Waals surface area contributed by atoms with E-state index < -0.39 is 5.97 Å². The zero-order valence-corrected chi connectivity index (χ0v) is 13.8. The summed E-state index contributed by atoms with van der Waals surface area (Å²) in [6.45, 7) is 0. The molecule has 0 aliphatic heterocycles. The van der Waals surface area contributed by atoms with Crippen LogP contribution in [0, 0.1) is 0 Å². The maximum atomic E-state index is 12.0. The average Bonchev–Trinajstić information content (AvgIpc) is 3.18. The summed E-state index contributed by atoms with van der Waals surface area (Å²) in [7, 11) is 1.31. The second kappa shape index (κ2) is 6.84. The summed E-state index contributed by atoms with van der Waals surface area (Å²) >= 11 is 2.53. The number of thioether (sulfide) groups is 1. The van der Waals surface area contributed by atoms with E-state index in [1.807, 2.05) is 24.3 Å². The van der Waals surface area contributed by atoms with Crippen LogP contribution >= 0.6 is 23.1 Å². The fourth-order valence-electron chi connectivity index (χ4n) is 1.98. The van der Waals surface area contributed by atoms with Crippen LogP contribution in [-0.2, 0) is 9.53 Å². The van der Waals surface area contributed by atoms with Crippen molar-refractivity contribution < 1.29 is 14.3 Å². The predicted molar refractivity (Wildman–Crippen MR) is 91.1 cm³/mol. The molecule has 2 N–H and O–H groups in total. The van der Waals surface area contributed by atoms with Gasteiger partial charge in [-0.1, -0.05) is 23.9 Å². The first kappa shape index (κ1) is 15.6. The van der Waals surface area contributed by atoms with Gasteiger partial charge in [-0.05, 0) is 23.6 Å². The number of para-hydroxylation sites is 2. The quantitative estimate of drug-likeness (QED) is 0.547. The fourth-order valence-corrected chi connectivity index (χ4v) is 3.43. The van der Waals surface area contributed by atoms with Crippen LogP contribution in [0.1, 0.15) is 9.67 Å². The van der Waals surface area contributed by atoms with Crippen molar-refractivity contribution in [2.75, 3.05) is 18.2 Å². The molecule has 0 aliphatic rings. The molecule has 6 nitrogen and oxygen atoms in total. The van der Waals surface area contributed by atoms with Crippen LogP contribution in [-0.4, -0.2) is 34.7 Å². The lowest BCUT2D eigenvalue weighted by atomic mass is 10.3. The number of thiophene rings is 1. The molecule has 0 unspecified atom stereocenters. The third-order valence-electron chi connectivity index (χ3n) is 3.02. The van der Waals surface area contributed by atoms with Gasteiger partial charge in [0.1, 0.15) is 4.88 Å². The fraction of sp³-hybridized carbons (Fsp3) is 0.133. The third kappa shape index (κ3) is 3.54. The molecule has 2 heterocycles. The highest BCUT2D eigenvalue weighted by molar-refractivity contribution is 7.99. The number of carbonyl (C=O) groups is 2. The largest absolute Gasteiger partial charge is 0.465 e. The number of nitrogens with one attached hydrogen (secondary N) is 2. The lowest BCUT2D eigenvalue weighted by Crippen LogP contribution is -2.15. The van der Waals surface area contributed by atoms with Crippen molar-refractivity contribution in [1.82, 2.24) is 9.97 Å². The van der Waals surface area contributed by atoms with Gasteiger partial charge >= 0.3 is 5.97 Å². The number of fused-ring (bicyclic) bond motifs is 1. The van der Waals surface area contributed by atoms with Crippen molar-refractivity contribution in [2.24, 2.45) is 0 Å². The number of aromatic amines is 1. The molecular weight excluding hydrogens is 334 g/mol. The topological polar surface area (TPSA) is 84.1 Å². The number of anilines is 1. The molecule has 0 aliphatic carbocycles. The van der Waals surface area contributed by atoms with Crippen LogP contribution < -0.4 is 5.32 Å².